The minimum atomic E-state index is -0.0340. The summed E-state index contributed by atoms with van der Waals surface area (Å²) in [5, 5.41) is 3.96. The molecule has 96 valence electrons. The second kappa shape index (κ2) is 5.78. The van der Waals surface area contributed by atoms with Crippen LogP contribution in [0, 0.1) is 0 Å². The van der Waals surface area contributed by atoms with Crippen LogP contribution >= 0.6 is 0 Å². The molecule has 0 radical (unpaired) electrons. The molecule has 0 aromatic heterocycles. The van der Waals surface area contributed by atoms with E-state index in [4.69, 9.17) is 0 Å². The highest BCUT2D eigenvalue weighted by Gasteiger charge is 2.33. The predicted molar refractivity (Wildman–Crippen MR) is 72.2 cm³/mol. The first-order chi connectivity index (χ1) is 8.66. The molecule has 0 bridgehead atoms. The van der Waals surface area contributed by atoms with Crippen molar-refractivity contribution < 1.29 is 4.79 Å². The number of benzene rings is 1. The van der Waals surface area contributed by atoms with E-state index in [0.29, 0.717) is 0 Å². The standard InChI is InChI=1S/C14H19N3O/c1-11(2)15-16-14(18)13-8-9-17(13)10-12-6-4-3-5-7-12/h3-7,13H,8-10H2,1-2H3,(H,16,18). The van der Waals surface area contributed by atoms with Crippen LogP contribution in [0.4, 0.5) is 0 Å². The summed E-state index contributed by atoms with van der Waals surface area (Å²) in [4.78, 5) is 14.0. The lowest BCUT2D eigenvalue weighted by Gasteiger charge is -2.39. The van der Waals surface area contributed by atoms with Crippen LogP contribution in [0.15, 0.2) is 35.4 Å². The van der Waals surface area contributed by atoms with Crippen molar-refractivity contribution in [2.24, 2.45) is 5.10 Å². The van der Waals surface area contributed by atoms with Crippen LogP contribution in [0.3, 0.4) is 0 Å². The number of likely N-dealkylation sites (tertiary alicyclic amines) is 1. The molecular formula is C14H19N3O. The van der Waals surface area contributed by atoms with E-state index in [2.05, 4.69) is 27.6 Å². The van der Waals surface area contributed by atoms with Crippen molar-refractivity contribution in [2.45, 2.75) is 32.9 Å². The van der Waals surface area contributed by atoms with Crippen LogP contribution in [0.5, 0.6) is 0 Å². The second-order valence-corrected chi connectivity index (χ2v) is 4.80. The fourth-order valence-electron chi connectivity index (χ4n) is 1.99. The maximum Gasteiger partial charge on any atom is 0.257 e. The molecule has 0 aliphatic carbocycles. The van der Waals surface area contributed by atoms with E-state index < -0.39 is 0 Å². The quantitative estimate of drug-likeness (QED) is 0.649. The average molecular weight is 245 g/mol. The van der Waals surface area contributed by atoms with Crippen molar-refractivity contribution in [3.63, 3.8) is 0 Å². The lowest BCUT2D eigenvalue weighted by Crippen LogP contribution is -2.54. The first-order valence-corrected chi connectivity index (χ1v) is 6.25. The number of carbonyl (C=O) groups is 1. The third-order valence-corrected chi connectivity index (χ3v) is 3.05. The molecule has 2 rings (SSSR count). The molecule has 1 aliphatic rings. The van der Waals surface area contributed by atoms with Gasteiger partial charge in [0.2, 0.25) is 0 Å². The summed E-state index contributed by atoms with van der Waals surface area (Å²) in [5.74, 6) is -0.00150. The maximum absolute atomic E-state index is 11.9. The van der Waals surface area contributed by atoms with Crippen molar-refractivity contribution in [1.82, 2.24) is 10.3 Å². The van der Waals surface area contributed by atoms with Gasteiger partial charge >= 0.3 is 0 Å². The van der Waals surface area contributed by atoms with Gasteiger partial charge in [-0.2, -0.15) is 5.10 Å². The van der Waals surface area contributed by atoms with Gasteiger partial charge in [-0.25, -0.2) is 5.43 Å². The van der Waals surface area contributed by atoms with Crippen LogP contribution < -0.4 is 5.43 Å². The molecule has 1 fully saturated rings. The summed E-state index contributed by atoms with van der Waals surface area (Å²) in [6, 6.07) is 10.2. The Morgan fingerprint density at radius 2 is 2.11 bits per heavy atom. The van der Waals surface area contributed by atoms with Crippen molar-refractivity contribution in [1.29, 1.82) is 0 Å². The van der Waals surface area contributed by atoms with Gasteiger partial charge < -0.3 is 0 Å². The predicted octanol–water partition coefficient (Wildman–Crippen LogP) is 1.77. The van der Waals surface area contributed by atoms with Gasteiger partial charge in [0.1, 0.15) is 0 Å². The van der Waals surface area contributed by atoms with E-state index in [1.807, 2.05) is 32.0 Å². The number of hydrazone groups is 1. The number of hydrogen-bond donors (Lipinski definition) is 1. The first kappa shape index (κ1) is 12.8. The van der Waals surface area contributed by atoms with Gasteiger partial charge in [-0.1, -0.05) is 30.3 Å². The number of nitrogens with zero attached hydrogens (tertiary/aromatic N) is 2. The Bertz CT molecular complexity index is 438. The SMILES string of the molecule is CC(C)=NNC(=O)C1CCN1Cc1ccccc1. The van der Waals surface area contributed by atoms with Crippen LogP contribution in [-0.4, -0.2) is 29.1 Å². The van der Waals surface area contributed by atoms with Crippen molar-refractivity contribution in [2.75, 3.05) is 6.54 Å². The number of hydrogen-bond acceptors (Lipinski definition) is 3. The van der Waals surface area contributed by atoms with Gasteiger partial charge in [-0.15, -0.1) is 0 Å². The summed E-state index contributed by atoms with van der Waals surface area (Å²) in [7, 11) is 0. The largest absolute Gasteiger partial charge is 0.287 e. The summed E-state index contributed by atoms with van der Waals surface area (Å²) < 4.78 is 0. The molecule has 1 aromatic rings. The minimum Gasteiger partial charge on any atom is -0.287 e. The Balaban J connectivity index is 1.88. The monoisotopic (exact) mass is 245 g/mol. The number of nitrogens with one attached hydrogen (secondary N) is 1. The Morgan fingerprint density at radius 1 is 1.39 bits per heavy atom. The van der Waals surface area contributed by atoms with Gasteiger partial charge in [-0.3, -0.25) is 9.69 Å². The third-order valence-electron chi connectivity index (χ3n) is 3.05. The number of amides is 1. The molecule has 18 heavy (non-hydrogen) atoms. The van der Waals surface area contributed by atoms with Crippen LogP contribution in [0.1, 0.15) is 25.8 Å². The summed E-state index contributed by atoms with van der Waals surface area (Å²) in [5.41, 5.74) is 4.71. The maximum atomic E-state index is 11.9. The molecule has 1 unspecified atom stereocenters. The van der Waals surface area contributed by atoms with Crippen molar-refractivity contribution >= 4 is 11.6 Å². The van der Waals surface area contributed by atoms with E-state index in [1.54, 1.807) is 0 Å². The molecule has 1 amide bonds. The lowest BCUT2D eigenvalue weighted by atomic mass is 10.0. The normalized spacial score (nSPS) is 18.9. The van der Waals surface area contributed by atoms with E-state index in [1.165, 1.54) is 5.56 Å². The Labute approximate surface area is 108 Å². The van der Waals surface area contributed by atoms with E-state index in [9.17, 15) is 4.79 Å². The molecule has 1 atom stereocenters. The Hall–Kier alpha value is -1.68. The molecule has 0 spiro atoms. The first-order valence-electron chi connectivity index (χ1n) is 6.25. The zero-order valence-electron chi connectivity index (χ0n) is 10.9. The Kier molecular flexibility index (Phi) is 4.10. The Morgan fingerprint density at radius 3 is 2.67 bits per heavy atom. The topological polar surface area (TPSA) is 44.7 Å². The van der Waals surface area contributed by atoms with E-state index in [-0.39, 0.29) is 11.9 Å². The zero-order chi connectivity index (χ0) is 13.0. The van der Waals surface area contributed by atoms with Crippen LogP contribution in [0.2, 0.25) is 0 Å². The highest BCUT2D eigenvalue weighted by atomic mass is 16.2. The van der Waals surface area contributed by atoms with Gasteiger partial charge in [-0.05, 0) is 25.8 Å². The van der Waals surface area contributed by atoms with Gasteiger partial charge in [0.15, 0.2) is 0 Å². The highest BCUT2D eigenvalue weighted by molar-refractivity contribution is 5.85. The van der Waals surface area contributed by atoms with E-state index >= 15 is 0 Å². The van der Waals surface area contributed by atoms with E-state index in [0.717, 1.165) is 25.2 Å². The van der Waals surface area contributed by atoms with Gasteiger partial charge in [0.25, 0.3) is 5.91 Å². The number of rotatable bonds is 4. The number of carbonyl (C=O) groups excluding carboxylic acids is 1. The third kappa shape index (κ3) is 3.17. The molecule has 4 nitrogen and oxygen atoms in total. The molecule has 0 saturated carbocycles. The lowest BCUT2D eigenvalue weighted by molar-refractivity contribution is -0.131. The molecule has 4 heteroatoms. The van der Waals surface area contributed by atoms with Crippen molar-refractivity contribution in [3.05, 3.63) is 35.9 Å². The fraction of sp³-hybridized carbons (Fsp3) is 0.429. The summed E-state index contributed by atoms with van der Waals surface area (Å²) in [6.45, 7) is 5.53. The van der Waals surface area contributed by atoms with Crippen LogP contribution in [0.25, 0.3) is 0 Å². The highest BCUT2D eigenvalue weighted by Crippen LogP contribution is 2.20. The molecule has 1 heterocycles. The average Bonchev–Trinajstić information content (AvgIpc) is 2.33. The second-order valence-electron chi connectivity index (χ2n) is 4.80. The molecule has 1 N–H and O–H groups in total. The molecule has 1 aliphatic heterocycles. The van der Waals surface area contributed by atoms with Crippen molar-refractivity contribution in [3.8, 4) is 0 Å². The fourth-order valence-corrected chi connectivity index (χ4v) is 1.99. The molecule has 1 aromatic carbocycles. The van der Waals surface area contributed by atoms with Gasteiger partial charge in [0.05, 0.1) is 6.04 Å². The summed E-state index contributed by atoms with van der Waals surface area (Å²) in [6.07, 6.45) is 0.914. The smallest absolute Gasteiger partial charge is 0.257 e. The minimum absolute atomic E-state index is 0.00150. The molecular weight excluding hydrogens is 226 g/mol. The van der Waals surface area contributed by atoms with Crippen LogP contribution in [-0.2, 0) is 11.3 Å². The molecule has 1 saturated heterocycles. The summed E-state index contributed by atoms with van der Waals surface area (Å²) >= 11 is 0. The zero-order valence-corrected chi connectivity index (χ0v) is 10.9. The van der Waals surface area contributed by atoms with Gasteiger partial charge in [0, 0.05) is 18.8 Å².